The molecule has 0 N–H and O–H groups in total. The van der Waals surface area contributed by atoms with Crippen molar-refractivity contribution in [3.05, 3.63) is 39.9 Å². The Labute approximate surface area is 142 Å². The molecule has 4 heteroatoms. The number of hydrogen-bond donors (Lipinski definition) is 0. The molecule has 1 heterocycles. The minimum absolute atomic E-state index is 0. The summed E-state index contributed by atoms with van der Waals surface area (Å²) in [7, 11) is 1.82. The van der Waals surface area contributed by atoms with E-state index in [-0.39, 0.29) is 44.5 Å². The van der Waals surface area contributed by atoms with E-state index in [4.69, 9.17) is 0 Å². The normalized spacial score (nSPS) is 19.3. The van der Waals surface area contributed by atoms with Crippen LogP contribution in [0, 0.1) is 18.9 Å². The molecule has 1 aliphatic rings. The molecule has 1 aliphatic heterocycles. The van der Waals surface area contributed by atoms with Crippen molar-refractivity contribution in [2.24, 2.45) is 5.92 Å². The van der Waals surface area contributed by atoms with Gasteiger partial charge in [-0.25, -0.2) is 6.08 Å². The Morgan fingerprint density at radius 2 is 2.11 bits per heavy atom. The molecule has 1 radical (unpaired) electrons. The van der Waals surface area contributed by atoms with Gasteiger partial charge in [-0.05, 0) is 0 Å². The predicted molar refractivity (Wildman–Crippen MR) is 72.1 cm³/mol. The van der Waals surface area contributed by atoms with Crippen LogP contribution in [0.5, 0.6) is 0 Å². The summed E-state index contributed by atoms with van der Waals surface area (Å²) in [5.74, 6) is 0.209. The topological polar surface area (TPSA) is 20.3 Å². The van der Waals surface area contributed by atoms with Crippen molar-refractivity contribution in [3.8, 4) is 0 Å². The summed E-state index contributed by atoms with van der Waals surface area (Å²) in [5.41, 5.74) is 3.13. The van der Waals surface area contributed by atoms with E-state index in [0.717, 1.165) is 21.3 Å². The number of aryl methyl sites for hydroxylation is 1. The summed E-state index contributed by atoms with van der Waals surface area (Å²) in [6.45, 7) is 3.99. The van der Waals surface area contributed by atoms with Crippen LogP contribution in [0.15, 0.2) is 22.7 Å². The third-order valence-electron chi connectivity index (χ3n) is 3.11. The summed E-state index contributed by atoms with van der Waals surface area (Å²) in [4.78, 5) is 13.7. The summed E-state index contributed by atoms with van der Waals surface area (Å²) < 4.78 is 1.05. The van der Waals surface area contributed by atoms with Gasteiger partial charge in [-0.1, -0.05) is 48.3 Å². The zero-order valence-corrected chi connectivity index (χ0v) is 15.3. The monoisotopic (exact) mass is 381 g/mol. The number of halogens is 1. The number of benzene rings is 1. The molecule has 0 fully saturated rings. The van der Waals surface area contributed by atoms with Crippen LogP contribution in [0.3, 0.4) is 0 Å². The Hall–Kier alpha value is 0.0139. The molecule has 0 bridgehead atoms. The number of rotatable bonds is 1. The molecule has 2 rings (SSSR count). The number of carbonyl (C=O) groups is 1. The maximum Gasteiger partial charge on any atom is 0.225 e. The van der Waals surface area contributed by atoms with Gasteiger partial charge in [0.15, 0.2) is 0 Å². The van der Waals surface area contributed by atoms with Crippen molar-refractivity contribution >= 4 is 27.5 Å². The summed E-state index contributed by atoms with van der Waals surface area (Å²) >= 11 is 3.45. The molecular formula is C14H15BrNOY-. The predicted octanol–water partition coefficient (Wildman–Crippen LogP) is 3.40. The first-order chi connectivity index (χ1) is 8.00. The van der Waals surface area contributed by atoms with Gasteiger partial charge in [0.1, 0.15) is 0 Å². The molecule has 1 unspecified atom stereocenters. The zero-order valence-electron chi connectivity index (χ0n) is 10.8. The Morgan fingerprint density at radius 1 is 1.44 bits per heavy atom. The Kier molecular flexibility index (Phi) is 5.76. The van der Waals surface area contributed by atoms with Crippen LogP contribution in [0.4, 0.5) is 0 Å². The first kappa shape index (κ1) is 16.1. The second-order valence-electron chi connectivity index (χ2n) is 4.49. The minimum atomic E-state index is 0. The van der Waals surface area contributed by atoms with Crippen molar-refractivity contribution in [2.75, 3.05) is 7.05 Å². The van der Waals surface area contributed by atoms with Crippen LogP contribution in [0.25, 0.3) is 5.70 Å². The van der Waals surface area contributed by atoms with E-state index in [0.29, 0.717) is 6.42 Å². The quantitative estimate of drug-likeness (QED) is 0.682. The second-order valence-corrected chi connectivity index (χ2v) is 5.40. The maximum atomic E-state index is 11.9. The van der Waals surface area contributed by atoms with E-state index in [1.54, 1.807) is 4.90 Å². The fraction of sp³-hybridized carbons (Fsp3) is 0.357. The van der Waals surface area contributed by atoms with E-state index in [1.807, 2.05) is 33.0 Å². The first-order valence-corrected chi connectivity index (χ1v) is 6.45. The van der Waals surface area contributed by atoms with E-state index in [1.165, 1.54) is 0 Å². The molecular weight excluding hydrogens is 367 g/mol. The fourth-order valence-corrected chi connectivity index (χ4v) is 2.54. The molecule has 0 saturated heterocycles. The molecule has 0 saturated carbocycles. The van der Waals surface area contributed by atoms with Crippen LogP contribution in [-0.4, -0.2) is 17.9 Å². The first-order valence-electron chi connectivity index (χ1n) is 5.65. The summed E-state index contributed by atoms with van der Waals surface area (Å²) in [5, 5.41) is 0. The van der Waals surface area contributed by atoms with Gasteiger partial charge < -0.3 is 4.90 Å². The number of nitrogens with zero attached hydrogens (tertiary/aromatic N) is 1. The van der Waals surface area contributed by atoms with E-state index < -0.39 is 0 Å². The second kappa shape index (κ2) is 6.45. The van der Waals surface area contributed by atoms with Crippen molar-refractivity contribution in [1.82, 2.24) is 4.90 Å². The van der Waals surface area contributed by atoms with Gasteiger partial charge in [-0.15, -0.1) is 22.9 Å². The maximum absolute atomic E-state index is 11.9. The zero-order chi connectivity index (χ0) is 12.6. The number of amides is 1. The van der Waals surface area contributed by atoms with Crippen LogP contribution >= 0.6 is 15.9 Å². The molecule has 0 aromatic heterocycles. The minimum Gasteiger partial charge on any atom is -0.350 e. The standard InChI is InChI=1S/C14H15BrNO.Y/c1-9-4-7-13(16(3)14(9)17)12-6-5-11(15)8-10(12)2;/h5-6,8-9H,4H2,1-3H3;/q-1;. The number of allylic oxidation sites excluding steroid dienone is 1. The van der Waals surface area contributed by atoms with E-state index in [9.17, 15) is 4.79 Å². The molecule has 93 valence electrons. The Morgan fingerprint density at radius 3 is 2.72 bits per heavy atom. The van der Waals surface area contributed by atoms with Gasteiger partial charge in [0.25, 0.3) is 0 Å². The van der Waals surface area contributed by atoms with Gasteiger partial charge in [0.05, 0.1) is 0 Å². The van der Waals surface area contributed by atoms with Gasteiger partial charge in [-0.2, -0.15) is 0 Å². The van der Waals surface area contributed by atoms with Crippen LogP contribution in [0.2, 0.25) is 0 Å². The summed E-state index contributed by atoms with van der Waals surface area (Å²) in [6, 6.07) is 6.08. The third kappa shape index (κ3) is 3.12. The van der Waals surface area contributed by atoms with Crippen molar-refractivity contribution in [2.45, 2.75) is 20.3 Å². The molecule has 1 amide bonds. The van der Waals surface area contributed by atoms with Crippen LogP contribution in [-0.2, 0) is 37.5 Å². The van der Waals surface area contributed by atoms with E-state index in [2.05, 4.69) is 28.1 Å². The molecule has 0 aliphatic carbocycles. The molecule has 1 atom stereocenters. The van der Waals surface area contributed by atoms with Gasteiger partial charge in [-0.3, -0.25) is 4.79 Å². The Balaban J connectivity index is 0.00000162. The van der Waals surface area contributed by atoms with E-state index >= 15 is 0 Å². The van der Waals surface area contributed by atoms with Crippen LogP contribution in [0.1, 0.15) is 24.5 Å². The number of carbonyl (C=O) groups excluding carboxylic acids is 1. The fourth-order valence-electron chi connectivity index (χ4n) is 2.07. The molecule has 0 spiro atoms. The molecule has 18 heavy (non-hydrogen) atoms. The number of hydrogen-bond acceptors (Lipinski definition) is 1. The summed E-state index contributed by atoms with van der Waals surface area (Å²) in [6.07, 6.45) is 4.03. The van der Waals surface area contributed by atoms with Crippen molar-refractivity contribution in [3.63, 3.8) is 0 Å². The molecule has 2 nitrogen and oxygen atoms in total. The molecule has 1 aromatic carbocycles. The molecule has 1 aromatic rings. The average Bonchev–Trinajstić information content (AvgIpc) is 2.28. The van der Waals surface area contributed by atoms with Crippen LogP contribution < -0.4 is 0 Å². The van der Waals surface area contributed by atoms with Crippen molar-refractivity contribution in [1.29, 1.82) is 0 Å². The Bertz CT molecular complexity index is 499. The van der Waals surface area contributed by atoms with Crippen molar-refractivity contribution < 1.29 is 37.5 Å². The van der Waals surface area contributed by atoms with Gasteiger partial charge in [0, 0.05) is 50.1 Å². The average molecular weight is 382 g/mol. The van der Waals surface area contributed by atoms with Gasteiger partial charge in [0.2, 0.25) is 5.91 Å². The van der Waals surface area contributed by atoms with Gasteiger partial charge >= 0.3 is 0 Å². The third-order valence-corrected chi connectivity index (χ3v) is 3.60. The SMILES string of the molecule is Cc1cc(Br)ccc1C1=[C-]CC(C)C(=O)N1C.[Y]. The largest absolute Gasteiger partial charge is 0.350 e. The smallest absolute Gasteiger partial charge is 0.225 e.